The van der Waals surface area contributed by atoms with Crippen LogP contribution in [0.3, 0.4) is 0 Å². The van der Waals surface area contributed by atoms with Gasteiger partial charge in [-0.2, -0.15) is 10.5 Å². The van der Waals surface area contributed by atoms with E-state index >= 15 is 0 Å². The summed E-state index contributed by atoms with van der Waals surface area (Å²) in [4.78, 5) is 12.0. The normalized spacial score (nSPS) is 10.5. The molecule has 0 aromatic heterocycles. The van der Waals surface area contributed by atoms with Gasteiger partial charge in [-0.1, -0.05) is 12.1 Å². The molecular weight excluding hydrogens is 354 g/mol. The van der Waals surface area contributed by atoms with Crippen LogP contribution in [0.5, 0.6) is 0 Å². The molecule has 0 radical (unpaired) electrons. The first-order valence-corrected chi connectivity index (χ1v) is 9.07. The summed E-state index contributed by atoms with van der Waals surface area (Å²) in [6, 6.07) is 15.8. The van der Waals surface area contributed by atoms with E-state index in [-0.39, 0.29) is 30.0 Å². The number of carbonyl (C=O) groups is 1. The Balaban J connectivity index is 1.97. The van der Waals surface area contributed by atoms with Crippen molar-refractivity contribution in [2.45, 2.75) is 17.9 Å². The van der Waals surface area contributed by atoms with E-state index in [0.29, 0.717) is 5.56 Å². The van der Waals surface area contributed by atoms with E-state index in [1.54, 1.807) is 24.3 Å². The lowest BCUT2D eigenvalue weighted by Crippen LogP contribution is -2.24. The maximum absolute atomic E-state index is 12.0. The molecule has 0 aliphatic rings. The first-order chi connectivity index (χ1) is 12.5. The van der Waals surface area contributed by atoms with Gasteiger partial charge in [-0.15, -0.1) is 0 Å². The highest BCUT2D eigenvalue weighted by molar-refractivity contribution is 7.89. The second-order valence-corrected chi connectivity index (χ2v) is 6.98. The monoisotopic (exact) mass is 369 g/mol. The largest absolute Gasteiger partial charge is 0.457 e. The Morgan fingerprint density at radius 1 is 1.04 bits per heavy atom. The second-order valence-electron chi connectivity index (χ2n) is 5.22. The molecule has 0 heterocycles. The zero-order valence-corrected chi connectivity index (χ0v) is 14.5. The number of carbonyl (C=O) groups excluding carboxylic acids is 1. The summed E-state index contributed by atoms with van der Waals surface area (Å²) in [7, 11) is -3.72. The number of nitriles is 2. The van der Waals surface area contributed by atoms with Gasteiger partial charge >= 0.3 is 5.97 Å². The maximum Gasteiger partial charge on any atom is 0.338 e. The average Bonchev–Trinajstić information content (AvgIpc) is 2.66. The second kappa shape index (κ2) is 8.77. The average molecular weight is 369 g/mol. The minimum Gasteiger partial charge on any atom is -0.457 e. The van der Waals surface area contributed by atoms with Gasteiger partial charge in [-0.25, -0.2) is 17.9 Å². The van der Waals surface area contributed by atoms with Gasteiger partial charge < -0.3 is 4.74 Å². The van der Waals surface area contributed by atoms with Crippen LogP contribution in [-0.4, -0.2) is 20.9 Å². The lowest BCUT2D eigenvalue weighted by Gasteiger charge is -2.07. The van der Waals surface area contributed by atoms with Crippen LogP contribution in [0.4, 0.5) is 0 Å². The Labute approximate surface area is 151 Å². The van der Waals surface area contributed by atoms with Gasteiger partial charge in [0.15, 0.2) is 0 Å². The van der Waals surface area contributed by atoms with Gasteiger partial charge in [0.1, 0.15) is 6.61 Å². The molecule has 26 heavy (non-hydrogen) atoms. The number of sulfonamides is 1. The first kappa shape index (κ1) is 19.1. The summed E-state index contributed by atoms with van der Waals surface area (Å²) < 4.78 is 31.4. The van der Waals surface area contributed by atoms with Crippen molar-refractivity contribution in [2.24, 2.45) is 0 Å². The van der Waals surface area contributed by atoms with Crippen molar-refractivity contribution in [1.29, 1.82) is 10.5 Å². The van der Waals surface area contributed by atoms with E-state index in [4.69, 9.17) is 15.3 Å². The fourth-order valence-electron chi connectivity index (χ4n) is 2.00. The molecule has 7 nitrogen and oxygen atoms in total. The highest BCUT2D eigenvalue weighted by atomic mass is 32.2. The third-order valence-corrected chi connectivity index (χ3v) is 4.86. The molecule has 0 spiro atoms. The molecule has 0 fully saturated rings. The minimum atomic E-state index is -3.72. The predicted octanol–water partition coefficient (Wildman–Crippen LogP) is 2.11. The number of ether oxygens (including phenoxy) is 1. The van der Waals surface area contributed by atoms with E-state index in [9.17, 15) is 13.2 Å². The van der Waals surface area contributed by atoms with Crippen LogP contribution in [0.25, 0.3) is 0 Å². The van der Waals surface area contributed by atoms with Crippen molar-refractivity contribution in [3.8, 4) is 12.1 Å². The molecule has 132 valence electrons. The van der Waals surface area contributed by atoms with Crippen LogP contribution in [0.2, 0.25) is 0 Å². The van der Waals surface area contributed by atoms with Crippen LogP contribution in [0, 0.1) is 22.7 Å². The van der Waals surface area contributed by atoms with Crippen LogP contribution in [0.15, 0.2) is 53.4 Å². The summed E-state index contributed by atoms with van der Waals surface area (Å²) in [6.45, 7) is 0.0630. The molecule has 0 amide bonds. The maximum atomic E-state index is 12.0. The van der Waals surface area contributed by atoms with E-state index < -0.39 is 16.0 Å². The molecular formula is C18H15N3O4S. The molecule has 2 aromatic carbocycles. The standard InChI is InChI=1S/C18H15N3O4S/c19-10-1-11-21-26(23,24)17-8-6-16(7-9-17)18(22)25-13-15-4-2-14(12-20)3-5-15/h2-9,21H,1,11,13H2. The number of benzene rings is 2. The zero-order chi connectivity index (χ0) is 19.0. The summed E-state index contributed by atoms with van der Waals surface area (Å²) in [5.41, 5.74) is 1.47. The van der Waals surface area contributed by atoms with Crippen molar-refractivity contribution in [1.82, 2.24) is 4.72 Å². The molecule has 1 N–H and O–H groups in total. The summed E-state index contributed by atoms with van der Waals surface area (Å²) >= 11 is 0. The summed E-state index contributed by atoms with van der Waals surface area (Å²) in [5.74, 6) is -0.587. The van der Waals surface area contributed by atoms with Gasteiger partial charge in [0.2, 0.25) is 10.0 Å². The molecule has 2 rings (SSSR count). The van der Waals surface area contributed by atoms with E-state index in [0.717, 1.165) is 5.56 Å². The SMILES string of the molecule is N#CCCNS(=O)(=O)c1ccc(C(=O)OCc2ccc(C#N)cc2)cc1. The van der Waals surface area contributed by atoms with Gasteiger partial charge in [0.05, 0.1) is 28.2 Å². The van der Waals surface area contributed by atoms with Crippen molar-refractivity contribution in [3.05, 3.63) is 65.2 Å². The molecule has 8 heteroatoms. The van der Waals surface area contributed by atoms with Crippen molar-refractivity contribution < 1.29 is 17.9 Å². The lowest BCUT2D eigenvalue weighted by atomic mass is 10.1. The van der Waals surface area contributed by atoms with Crippen LogP contribution in [0.1, 0.15) is 27.9 Å². The van der Waals surface area contributed by atoms with Crippen LogP contribution >= 0.6 is 0 Å². The molecule has 0 aliphatic heterocycles. The van der Waals surface area contributed by atoms with E-state index in [1.165, 1.54) is 24.3 Å². The Bertz CT molecular complexity index is 953. The predicted molar refractivity (Wildman–Crippen MR) is 92.1 cm³/mol. The van der Waals surface area contributed by atoms with Gasteiger partial charge in [-0.3, -0.25) is 0 Å². The Morgan fingerprint density at radius 2 is 1.69 bits per heavy atom. The number of hydrogen-bond acceptors (Lipinski definition) is 6. The zero-order valence-electron chi connectivity index (χ0n) is 13.7. The van der Waals surface area contributed by atoms with Crippen molar-refractivity contribution >= 4 is 16.0 Å². The fourth-order valence-corrected chi connectivity index (χ4v) is 3.03. The topological polar surface area (TPSA) is 120 Å². The molecule has 0 aliphatic carbocycles. The number of rotatable bonds is 7. The number of hydrogen-bond donors (Lipinski definition) is 1. The molecule has 0 unspecified atom stereocenters. The third kappa shape index (κ3) is 5.15. The van der Waals surface area contributed by atoms with Crippen molar-refractivity contribution in [2.75, 3.05) is 6.54 Å². The van der Waals surface area contributed by atoms with Gasteiger partial charge in [-0.05, 0) is 42.0 Å². The quantitative estimate of drug-likeness (QED) is 0.589. The minimum absolute atomic E-state index is 0.000850. The number of esters is 1. The molecule has 0 bridgehead atoms. The van der Waals surface area contributed by atoms with E-state index in [2.05, 4.69) is 4.72 Å². The number of nitrogens with one attached hydrogen (secondary N) is 1. The number of nitrogens with zero attached hydrogens (tertiary/aromatic N) is 2. The molecule has 2 aromatic rings. The molecule has 0 saturated heterocycles. The Kier molecular flexibility index (Phi) is 6.45. The van der Waals surface area contributed by atoms with Crippen LogP contribution in [-0.2, 0) is 21.4 Å². The van der Waals surface area contributed by atoms with Crippen LogP contribution < -0.4 is 4.72 Å². The van der Waals surface area contributed by atoms with Gasteiger partial charge in [0.25, 0.3) is 0 Å². The lowest BCUT2D eigenvalue weighted by molar-refractivity contribution is 0.0472. The Morgan fingerprint density at radius 3 is 2.27 bits per heavy atom. The van der Waals surface area contributed by atoms with E-state index in [1.807, 2.05) is 12.1 Å². The highest BCUT2D eigenvalue weighted by Crippen LogP contribution is 2.13. The van der Waals surface area contributed by atoms with Gasteiger partial charge in [0, 0.05) is 13.0 Å². The summed E-state index contributed by atoms with van der Waals surface area (Å²) in [6.07, 6.45) is 0.0684. The first-order valence-electron chi connectivity index (χ1n) is 7.59. The summed E-state index contributed by atoms with van der Waals surface area (Å²) in [5, 5.41) is 17.2. The molecule has 0 saturated carbocycles. The fraction of sp³-hybridized carbons (Fsp3) is 0.167. The highest BCUT2D eigenvalue weighted by Gasteiger charge is 2.15. The smallest absolute Gasteiger partial charge is 0.338 e. The third-order valence-electron chi connectivity index (χ3n) is 3.38. The molecule has 0 atom stereocenters. The van der Waals surface area contributed by atoms with Crippen molar-refractivity contribution in [3.63, 3.8) is 0 Å². The Hall–Kier alpha value is -3.20.